The Balaban J connectivity index is 1.36. The highest BCUT2D eigenvalue weighted by Gasteiger charge is 2.48. The molecule has 4 heterocycles. The Morgan fingerprint density at radius 2 is 2.00 bits per heavy atom. The molecule has 0 bridgehead atoms. The zero-order valence-electron chi connectivity index (χ0n) is 19.3. The number of aryl methyl sites for hydroxylation is 1. The molecule has 1 spiro atoms. The predicted octanol–water partition coefficient (Wildman–Crippen LogP) is 3.24. The van der Waals surface area contributed by atoms with Crippen LogP contribution in [0.1, 0.15) is 49.9 Å². The quantitative estimate of drug-likeness (QED) is 0.461. The van der Waals surface area contributed by atoms with E-state index in [0.29, 0.717) is 27.6 Å². The molecule has 6 rings (SSSR count). The normalized spacial score (nSPS) is 27.4. The summed E-state index contributed by atoms with van der Waals surface area (Å²) in [6, 6.07) is 3.93. The highest BCUT2D eigenvalue weighted by atomic mass is 35.5. The van der Waals surface area contributed by atoms with Crippen molar-refractivity contribution < 1.29 is 9.84 Å². The van der Waals surface area contributed by atoms with E-state index < -0.39 is 0 Å². The molecule has 0 amide bonds. The summed E-state index contributed by atoms with van der Waals surface area (Å²) in [5.74, 6) is 0.227. The van der Waals surface area contributed by atoms with E-state index in [1.54, 1.807) is 21.8 Å². The van der Waals surface area contributed by atoms with Crippen molar-refractivity contribution in [2.75, 3.05) is 6.61 Å². The Morgan fingerprint density at radius 1 is 1.21 bits per heavy atom. The topological polar surface area (TPSA) is 117 Å². The first-order chi connectivity index (χ1) is 16.4. The number of hydrogen-bond acceptors (Lipinski definition) is 7. The van der Waals surface area contributed by atoms with Gasteiger partial charge in [0.05, 0.1) is 59.3 Å². The molecule has 34 heavy (non-hydrogen) atoms. The Hall–Kier alpha value is -2.59. The van der Waals surface area contributed by atoms with Crippen LogP contribution in [0.3, 0.4) is 0 Å². The predicted molar refractivity (Wildman–Crippen MR) is 129 cm³/mol. The van der Waals surface area contributed by atoms with Crippen molar-refractivity contribution >= 4 is 33.7 Å². The molecule has 1 aromatic carbocycles. The first-order valence-corrected chi connectivity index (χ1v) is 12.1. The van der Waals surface area contributed by atoms with Crippen LogP contribution in [0.25, 0.3) is 27.8 Å². The number of hydrogen-bond donors (Lipinski definition) is 2. The molecule has 1 saturated carbocycles. The number of halogens is 1. The molecule has 3 N–H and O–H groups in total. The summed E-state index contributed by atoms with van der Waals surface area (Å²) in [7, 11) is 1.86. The van der Waals surface area contributed by atoms with Gasteiger partial charge in [0, 0.05) is 29.8 Å². The Morgan fingerprint density at radius 3 is 2.71 bits per heavy atom. The number of aliphatic hydroxyl groups excluding tert-OH is 1. The second-order valence-corrected chi connectivity index (χ2v) is 10.1. The fourth-order valence-corrected chi connectivity index (χ4v) is 6.20. The fraction of sp³-hybridized carbons (Fsp3) is 0.500. The van der Waals surface area contributed by atoms with Gasteiger partial charge in [0.1, 0.15) is 5.52 Å². The molecule has 2 fully saturated rings. The standard InChI is InChI=1S/C24H28ClN7O2/c1-13-22(26)24(12-34-13)7-5-14(6-8-24)20-17(11-33)30-23-16(29-20)10-28-32(23)18-4-3-15-9-27-31(2)21(15)19(18)25/h3-4,9-10,13-14,22,33H,5-8,11-12,26H2,1-2H3/t13-,14?,22+,24?/m0/s1. The summed E-state index contributed by atoms with van der Waals surface area (Å²) in [5, 5.41) is 20.5. The first-order valence-electron chi connectivity index (χ1n) is 11.7. The van der Waals surface area contributed by atoms with Gasteiger partial charge in [0.25, 0.3) is 0 Å². The van der Waals surface area contributed by atoms with Gasteiger partial charge in [0.2, 0.25) is 0 Å². The zero-order chi connectivity index (χ0) is 23.6. The molecule has 0 radical (unpaired) electrons. The zero-order valence-corrected chi connectivity index (χ0v) is 20.0. The fourth-order valence-electron chi connectivity index (χ4n) is 5.83. The molecule has 2 atom stereocenters. The van der Waals surface area contributed by atoms with Crippen molar-refractivity contribution in [3.63, 3.8) is 0 Å². The number of benzene rings is 1. The van der Waals surface area contributed by atoms with Crippen molar-refractivity contribution in [1.29, 1.82) is 0 Å². The molecule has 9 nitrogen and oxygen atoms in total. The number of aliphatic hydroxyl groups is 1. The minimum Gasteiger partial charge on any atom is -0.390 e. The number of ether oxygens (including phenoxy) is 1. The van der Waals surface area contributed by atoms with E-state index >= 15 is 0 Å². The number of nitrogens with zero attached hydrogens (tertiary/aromatic N) is 6. The van der Waals surface area contributed by atoms with Crippen molar-refractivity contribution in [2.45, 2.75) is 57.3 Å². The monoisotopic (exact) mass is 481 g/mol. The lowest BCUT2D eigenvalue weighted by Crippen LogP contribution is -2.45. The molecular formula is C24H28ClN7O2. The minimum atomic E-state index is -0.181. The lowest BCUT2D eigenvalue weighted by Gasteiger charge is -2.39. The van der Waals surface area contributed by atoms with Crippen molar-refractivity contribution in [3.8, 4) is 5.69 Å². The first kappa shape index (κ1) is 21.9. The van der Waals surface area contributed by atoms with Crippen molar-refractivity contribution in [3.05, 3.63) is 40.9 Å². The summed E-state index contributed by atoms with van der Waals surface area (Å²) in [6.07, 6.45) is 7.48. The van der Waals surface area contributed by atoms with Gasteiger partial charge in [-0.05, 0) is 44.7 Å². The van der Waals surface area contributed by atoms with Crippen LogP contribution in [0.15, 0.2) is 24.5 Å². The number of aromatic nitrogens is 6. The number of fused-ring (bicyclic) bond motifs is 2. The average molecular weight is 482 g/mol. The van der Waals surface area contributed by atoms with Crippen LogP contribution in [0.2, 0.25) is 5.02 Å². The lowest BCUT2D eigenvalue weighted by atomic mass is 9.66. The average Bonchev–Trinajstić information content (AvgIpc) is 3.52. The van der Waals surface area contributed by atoms with Gasteiger partial charge in [-0.2, -0.15) is 10.2 Å². The molecule has 0 unspecified atom stereocenters. The third-order valence-corrected chi connectivity index (χ3v) is 8.29. The highest BCUT2D eigenvalue weighted by Crippen LogP contribution is 2.48. The van der Waals surface area contributed by atoms with Crippen LogP contribution in [-0.4, -0.2) is 53.4 Å². The molecule has 4 aromatic rings. The van der Waals surface area contributed by atoms with E-state index in [9.17, 15) is 5.11 Å². The molecule has 1 aliphatic carbocycles. The summed E-state index contributed by atoms with van der Waals surface area (Å²) >= 11 is 6.75. The second-order valence-electron chi connectivity index (χ2n) is 9.76. The molecule has 1 saturated heterocycles. The molecule has 3 aromatic heterocycles. The van der Waals surface area contributed by atoms with Gasteiger partial charge in [-0.15, -0.1) is 0 Å². The van der Waals surface area contributed by atoms with Gasteiger partial charge in [-0.1, -0.05) is 11.6 Å². The third-order valence-electron chi connectivity index (χ3n) is 7.92. The molecule has 1 aliphatic heterocycles. The van der Waals surface area contributed by atoms with Gasteiger partial charge in [-0.3, -0.25) is 4.68 Å². The van der Waals surface area contributed by atoms with Gasteiger partial charge < -0.3 is 15.6 Å². The smallest absolute Gasteiger partial charge is 0.182 e. The molecular weight excluding hydrogens is 454 g/mol. The number of rotatable bonds is 3. The van der Waals surface area contributed by atoms with Crippen molar-refractivity contribution in [2.24, 2.45) is 18.2 Å². The summed E-state index contributed by atoms with van der Waals surface area (Å²) in [4.78, 5) is 9.75. The van der Waals surface area contributed by atoms with Crippen LogP contribution in [0, 0.1) is 5.41 Å². The Kier molecular flexibility index (Phi) is 5.14. The number of nitrogens with two attached hydrogens (primary N) is 1. The van der Waals surface area contributed by atoms with E-state index in [1.165, 1.54) is 0 Å². The van der Waals surface area contributed by atoms with Crippen LogP contribution < -0.4 is 5.73 Å². The van der Waals surface area contributed by atoms with Crippen LogP contribution >= 0.6 is 11.6 Å². The summed E-state index contributed by atoms with van der Waals surface area (Å²) in [6.45, 7) is 2.61. The van der Waals surface area contributed by atoms with E-state index in [2.05, 4.69) is 17.1 Å². The van der Waals surface area contributed by atoms with Gasteiger partial charge in [-0.25, -0.2) is 14.6 Å². The summed E-state index contributed by atoms with van der Waals surface area (Å²) in [5.41, 5.74) is 10.8. The Labute approximate surface area is 201 Å². The van der Waals surface area contributed by atoms with E-state index in [-0.39, 0.29) is 30.1 Å². The van der Waals surface area contributed by atoms with Crippen LogP contribution in [0.5, 0.6) is 0 Å². The lowest BCUT2D eigenvalue weighted by molar-refractivity contribution is 0.0893. The molecule has 178 valence electrons. The van der Waals surface area contributed by atoms with Crippen LogP contribution in [0.4, 0.5) is 0 Å². The highest BCUT2D eigenvalue weighted by molar-refractivity contribution is 6.37. The van der Waals surface area contributed by atoms with E-state index in [1.807, 2.05) is 19.2 Å². The van der Waals surface area contributed by atoms with E-state index in [4.69, 9.17) is 32.0 Å². The maximum atomic E-state index is 10.2. The maximum Gasteiger partial charge on any atom is 0.182 e. The van der Waals surface area contributed by atoms with Gasteiger partial charge in [0.15, 0.2) is 5.65 Å². The third kappa shape index (κ3) is 3.18. The minimum absolute atomic E-state index is 0.0545. The maximum absolute atomic E-state index is 10.2. The molecule has 2 aliphatic rings. The van der Waals surface area contributed by atoms with Crippen molar-refractivity contribution in [1.82, 2.24) is 29.5 Å². The Bertz CT molecular complexity index is 1390. The largest absolute Gasteiger partial charge is 0.390 e. The summed E-state index contributed by atoms with van der Waals surface area (Å²) < 4.78 is 9.30. The SMILES string of the molecule is C[C@@H]1OCC2(CCC(c3nc4cnn(-c5ccc6cnn(C)c6c5Cl)c4nc3CO)CC2)[C@@H]1N. The van der Waals surface area contributed by atoms with Crippen LogP contribution in [-0.2, 0) is 18.4 Å². The van der Waals surface area contributed by atoms with Gasteiger partial charge >= 0.3 is 0 Å². The van der Waals surface area contributed by atoms with E-state index in [0.717, 1.165) is 48.9 Å². The molecule has 10 heteroatoms. The second kappa shape index (κ2) is 7.98.